The zero-order valence-electron chi connectivity index (χ0n) is 21.4. The first-order valence-corrected chi connectivity index (χ1v) is 13.8. The lowest BCUT2D eigenvalue weighted by Crippen LogP contribution is -2.45. The van der Waals surface area contributed by atoms with Crippen LogP contribution in [0, 0.1) is 0 Å². The van der Waals surface area contributed by atoms with Gasteiger partial charge < -0.3 is 15.0 Å². The number of alkyl halides is 1. The third-order valence-corrected chi connectivity index (χ3v) is 7.80. The molecule has 0 saturated carbocycles. The fourth-order valence-corrected chi connectivity index (χ4v) is 5.64. The van der Waals surface area contributed by atoms with E-state index in [0.29, 0.717) is 17.3 Å². The lowest BCUT2D eigenvalue weighted by atomic mass is 10.0. The van der Waals surface area contributed by atoms with Crippen LogP contribution in [-0.4, -0.2) is 54.0 Å². The first kappa shape index (κ1) is 27.0. The molecule has 0 radical (unpaired) electrons. The fraction of sp³-hybridized carbons (Fsp3) is 0.333. The van der Waals surface area contributed by atoms with Gasteiger partial charge in [0.15, 0.2) is 0 Å². The van der Waals surface area contributed by atoms with Gasteiger partial charge in [0.25, 0.3) is 0 Å². The van der Waals surface area contributed by atoms with Gasteiger partial charge in [-0.05, 0) is 66.1 Å². The Balaban J connectivity index is 1.30. The van der Waals surface area contributed by atoms with Crippen LogP contribution in [0.2, 0.25) is 10.0 Å². The topological polar surface area (TPSA) is 46.7 Å². The summed E-state index contributed by atoms with van der Waals surface area (Å²) < 4.78 is 19.8. The maximum atomic E-state index is 12.6. The average molecular weight is 556 g/mol. The molecule has 1 aliphatic rings. The van der Waals surface area contributed by atoms with E-state index in [1.165, 1.54) is 16.5 Å². The molecule has 3 aromatic carbocycles. The molecule has 5 rings (SSSR count). The Hall–Kier alpha value is -2.61. The molecular formula is C30H33Cl2FN4O. The Morgan fingerprint density at radius 3 is 2.29 bits per heavy atom. The van der Waals surface area contributed by atoms with E-state index >= 15 is 0 Å². The molecule has 0 bridgehead atoms. The normalized spacial score (nSPS) is 14.8. The lowest BCUT2D eigenvalue weighted by Gasteiger charge is -2.35. The molecule has 0 spiro atoms. The second-order valence-corrected chi connectivity index (χ2v) is 10.6. The van der Waals surface area contributed by atoms with E-state index in [-0.39, 0.29) is 0 Å². The summed E-state index contributed by atoms with van der Waals surface area (Å²) in [5.74, 6) is 0.529. The second-order valence-electron chi connectivity index (χ2n) is 9.80. The molecule has 0 atom stereocenters. The molecule has 200 valence electrons. The van der Waals surface area contributed by atoms with Crippen LogP contribution in [0.1, 0.15) is 17.5 Å². The first-order valence-electron chi connectivity index (χ1n) is 13.0. The van der Waals surface area contributed by atoms with Crippen LogP contribution in [0.5, 0.6) is 5.75 Å². The predicted octanol–water partition coefficient (Wildman–Crippen LogP) is 6.59. The van der Waals surface area contributed by atoms with Gasteiger partial charge in [0.2, 0.25) is 6.86 Å². The van der Waals surface area contributed by atoms with Crippen LogP contribution in [-0.2, 0) is 19.6 Å². The molecule has 0 amide bonds. The number of aromatic nitrogens is 1. The highest BCUT2D eigenvalue weighted by Crippen LogP contribution is 2.33. The van der Waals surface area contributed by atoms with E-state index in [4.69, 9.17) is 33.7 Å². The molecule has 2 N–H and O–H groups in total. The molecule has 4 aromatic rings. The van der Waals surface area contributed by atoms with E-state index in [1.54, 1.807) is 0 Å². The smallest absolute Gasteiger partial charge is 0.228 e. The van der Waals surface area contributed by atoms with Crippen LogP contribution in [0.4, 0.5) is 4.39 Å². The third-order valence-electron chi connectivity index (χ3n) is 7.22. The number of ether oxygens (including phenoxy) is 1. The van der Waals surface area contributed by atoms with Crippen LogP contribution in [0.3, 0.4) is 0 Å². The summed E-state index contributed by atoms with van der Waals surface area (Å²) in [7, 11) is 0. The van der Waals surface area contributed by atoms with Gasteiger partial charge in [0.05, 0.1) is 0 Å². The summed E-state index contributed by atoms with van der Waals surface area (Å²) >= 11 is 12.4. The van der Waals surface area contributed by atoms with Crippen molar-refractivity contribution in [1.82, 2.24) is 14.4 Å². The molecular weight excluding hydrogens is 522 g/mol. The van der Waals surface area contributed by atoms with Gasteiger partial charge in [-0.25, -0.2) is 4.39 Å². The summed E-state index contributed by atoms with van der Waals surface area (Å²) in [6.45, 7) is 6.43. The molecule has 0 unspecified atom stereocenters. The number of aryl methyl sites for hydroxylation is 1. The number of nitrogens with zero attached hydrogens (tertiary/aromatic N) is 3. The Kier molecular flexibility index (Phi) is 8.87. The Morgan fingerprint density at radius 2 is 1.61 bits per heavy atom. The number of nitrogens with two attached hydrogens (primary N) is 1. The van der Waals surface area contributed by atoms with Crippen LogP contribution in [0.25, 0.3) is 22.0 Å². The number of halogens is 3. The Bertz CT molecular complexity index is 1370. The summed E-state index contributed by atoms with van der Waals surface area (Å²) in [6, 6.07) is 20.1. The van der Waals surface area contributed by atoms with E-state index in [9.17, 15) is 4.39 Å². The van der Waals surface area contributed by atoms with E-state index in [1.807, 2.05) is 42.5 Å². The summed E-state index contributed by atoms with van der Waals surface area (Å²) in [5.41, 5.74) is 11.7. The monoisotopic (exact) mass is 554 g/mol. The lowest BCUT2D eigenvalue weighted by molar-refractivity contribution is 0.122. The van der Waals surface area contributed by atoms with Gasteiger partial charge in [0, 0.05) is 78.5 Å². The van der Waals surface area contributed by atoms with E-state index < -0.39 is 6.86 Å². The van der Waals surface area contributed by atoms with Crippen molar-refractivity contribution in [2.75, 3.05) is 39.6 Å². The maximum absolute atomic E-state index is 12.6. The maximum Gasteiger partial charge on any atom is 0.228 e. The van der Waals surface area contributed by atoms with Crippen LogP contribution < -0.4 is 10.5 Å². The zero-order valence-corrected chi connectivity index (χ0v) is 22.9. The fourth-order valence-electron chi connectivity index (χ4n) is 5.17. The highest BCUT2D eigenvalue weighted by atomic mass is 35.5. The average Bonchev–Trinajstić information content (AvgIpc) is 3.28. The first-order chi connectivity index (χ1) is 18.5. The quantitative estimate of drug-likeness (QED) is 0.240. The minimum Gasteiger partial charge on any atom is -0.463 e. The van der Waals surface area contributed by atoms with Crippen LogP contribution >= 0.6 is 23.2 Å². The number of benzene rings is 3. The van der Waals surface area contributed by atoms with Crippen molar-refractivity contribution in [3.05, 3.63) is 88.0 Å². The molecule has 1 saturated heterocycles. The van der Waals surface area contributed by atoms with E-state index in [2.05, 4.69) is 38.8 Å². The predicted molar refractivity (Wildman–Crippen MR) is 155 cm³/mol. The number of piperazine rings is 1. The molecule has 1 fully saturated rings. The summed E-state index contributed by atoms with van der Waals surface area (Å²) in [6.07, 6.45) is 3.12. The number of hydrogen-bond donors (Lipinski definition) is 1. The highest BCUT2D eigenvalue weighted by molar-refractivity contribution is 6.35. The van der Waals surface area contributed by atoms with Crippen molar-refractivity contribution in [2.24, 2.45) is 5.73 Å². The van der Waals surface area contributed by atoms with Crippen molar-refractivity contribution in [1.29, 1.82) is 0 Å². The van der Waals surface area contributed by atoms with Gasteiger partial charge in [-0.2, -0.15) is 0 Å². The Labute approximate surface area is 233 Å². The number of hydrogen-bond acceptors (Lipinski definition) is 4. The second kappa shape index (κ2) is 12.5. The van der Waals surface area contributed by atoms with Gasteiger partial charge in [0.1, 0.15) is 5.75 Å². The minimum absolute atomic E-state index is 0.529. The largest absolute Gasteiger partial charge is 0.463 e. The molecule has 38 heavy (non-hydrogen) atoms. The third kappa shape index (κ3) is 6.33. The molecule has 5 nitrogen and oxygen atoms in total. The van der Waals surface area contributed by atoms with Gasteiger partial charge >= 0.3 is 0 Å². The minimum atomic E-state index is -0.829. The van der Waals surface area contributed by atoms with E-state index in [0.717, 1.165) is 73.9 Å². The van der Waals surface area contributed by atoms with Crippen LogP contribution in [0.15, 0.2) is 66.9 Å². The molecule has 2 heterocycles. The van der Waals surface area contributed by atoms with Crippen molar-refractivity contribution in [3.8, 4) is 16.9 Å². The van der Waals surface area contributed by atoms with Gasteiger partial charge in [-0.3, -0.25) is 9.80 Å². The number of rotatable bonds is 10. The summed E-state index contributed by atoms with van der Waals surface area (Å²) in [4.78, 5) is 4.95. The molecule has 1 aliphatic heterocycles. The SMILES string of the molecule is NCCCn1cc(-c2ccc(OCF)cc2)c2cc(CN3CCN(Cc4ccc(Cl)cc4Cl)CC3)ccc21. The van der Waals surface area contributed by atoms with Gasteiger partial charge in [-0.1, -0.05) is 47.5 Å². The number of fused-ring (bicyclic) bond motifs is 1. The standard InChI is InChI=1S/C30H33Cl2FN4O/c31-25-6-3-24(29(32)17-25)19-36-14-12-35(13-15-36)18-22-2-9-30-27(16-22)28(20-37(30)11-1-10-34)23-4-7-26(8-5-23)38-21-33/h2-9,16-17,20H,1,10-15,18-19,21,34H2. The van der Waals surface area contributed by atoms with Crippen molar-refractivity contribution in [2.45, 2.75) is 26.1 Å². The highest BCUT2D eigenvalue weighted by Gasteiger charge is 2.19. The van der Waals surface area contributed by atoms with Crippen molar-refractivity contribution < 1.29 is 9.13 Å². The van der Waals surface area contributed by atoms with Crippen molar-refractivity contribution >= 4 is 34.1 Å². The van der Waals surface area contributed by atoms with Gasteiger partial charge in [-0.15, -0.1) is 0 Å². The molecule has 8 heteroatoms. The molecule has 0 aliphatic carbocycles. The summed E-state index contributed by atoms with van der Waals surface area (Å²) in [5, 5.41) is 2.61. The zero-order chi connectivity index (χ0) is 26.5. The van der Waals surface area contributed by atoms with Crippen molar-refractivity contribution in [3.63, 3.8) is 0 Å². The molecule has 1 aromatic heterocycles. The Morgan fingerprint density at radius 1 is 0.868 bits per heavy atom.